The van der Waals surface area contributed by atoms with Crippen LogP contribution in [0.3, 0.4) is 0 Å². The van der Waals surface area contributed by atoms with Gasteiger partial charge < -0.3 is 4.90 Å². The molecule has 1 aliphatic rings. The van der Waals surface area contributed by atoms with E-state index in [1.54, 1.807) is 0 Å². The number of nitrogens with zero attached hydrogens (tertiary/aromatic N) is 1. The number of hydrogen-bond acceptors (Lipinski definition) is 1. The van der Waals surface area contributed by atoms with Gasteiger partial charge in [0.15, 0.2) is 0 Å². The highest BCUT2D eigenvalue weighted by Crippen LogP contribution is 2.10. The van der Waals surface area contributed by atoms with Gasteiger partial charge in [0.1, 0.15) is 0 Å². The lowest BCUT2D eigenvalue weighted by atomic mass is 10.2. The van der Waals surface area contributed by atoms with Crippen LogP contribution in [0.1, 0.15) is 71.1 Å². The largest absolute Gasteiger partial charge is 0.343 e. The molecule has 0 spiro atoms. The minimum atomic E-state index is 0.353. The summed E-state index contributed by atoms with van der Waals surface area (Å²) >= 11 is 0. The van der Waals surface area contributed by atoms with Gasteiger partial charge in [0, 0.05) is 19.5 Å². The molecule has 114 valence electrons. The third kappa shape index (κ3) is 8.19. The SMILES string of the molecule is CCCCC/C=C/C/C=C/CCCC(=O)N1CCCC1. The second kappa shape index (κ2) is 11.7. The molecule has 0 aromatic heterocycles. The molecule has 2 heteroatoms. The first-order chi connectivity index (χ1) is 9.84. The van der Waals surface area contributed by atoms with Crippen molar-refractivity contribution in [2.24, 2.45) is 0 Å². The molecule has 0 N–H and O–H groups in total. The van der Waals surface area contributed by atoms with Gasteiger partial charge in [0.2, 0.25) is 5.91 Å². The summed E-state index contributed by atoms with van der Waals surface area (Å²) in [6, 6.07) is 0. The maximum atomic E-state index is 11.8. The van der Waals surface area contributed by atoms with E-state index in [-0.39, 0.29) is 0 Å². The van der Waals surface area contributed by atoms with Crippen LogP contribution >= 0.6 is 0 Å². The minimum Gasteiger partial charge on any atom is -0.343 e. The molecule has 1 rings (SSSR count). The molecule has 1 heterocycles. The predicted octanol–water partition coefficient (Wildman–Crippen LogP) is 4.86. The average Bonchev–Trinajstić information content (AvgIpc) is 2.99. The number of hydrogen-bond donors (Lipinski definition) is 0. The molecule has 1 amide bonds. The van der Waals surface area contributed by atoms with Crippen molar-refractivity contribution in [1.82, 2.24) is 4.90 Å². The van der Waals surface area contributed by atoms with Crippen LogP contribution in [0.5, 0.6) is 0 Å². The number of carbonyl (C=O) groups is 1. The summed E-state index contributed by atoms with van der Waals surface area (Å²) in [4.78, 5) is 13.8. The molecular weight excluding hydrogens is 246 g/mol. The van der Waals surface area contributed by atoms with Crippen molar-refractivity contribution in [2.45, 2.75) is 71.1 Å². The topological polar surface area (TPSA) is 20.3 Å². The molecule has 0 saturated carbocycles. The first kappa shape index (κ1) is 17.0. The molecular formula is C18H31NO. The normalized spacial score (nSPS) is 15.8. The second-order valence-electron chi connectivity index (χ2n) is 5.65. The summed E-state index contributed by atoms with van der Waals surface area (Å²) in [5.41, 5.74) is 0. The van der Waals surface area contributed by atoms with Crippen LogP contribution < -0.4 is 0 Å². The Kier molecular flexibility index (Phi) is 9.99. The number of unbranched alkanes of at least 4 members (excludes halogenated alkanes) is 4. The van der Waals surface area contributed by atoms with Gasteiger partial charge in [0.25, 0.3) is 0 Å². The van der Waals surface area contributed by atoms with Crippen LogP contribution in [-0.2, 0) is 4.79 Å². The monoisotopic (exact) mass is 277 g/mol. The summed E-state index contributed by atoms with van der Waals surface area (Å²) in [7, 11) is 0. The third-order valence-electron chi connectivity index (χ3n) is 3.80. The lowest BCUT2D eigenvalue weighted by Gasteiger charge is -2.14. The van der Waals surface area contributed by atoms with Crippen molar-refractivity contribution >= 4 is 5.91 Å². The lowest BCUT2D eigenvalue weighted by molar-refractivity contribution is -0.130. The molecule has 0 aromatic carbocycles. The van der Waals surface area contributed by atoms with Gasteiger partial charge in [-0.25, -0.2) is 0 Å². The van der Waals surface area contributed by atoms with Crippen LogP contribution in [0, 0.1) is 0 Å². The summed E-state index contributed by atoms with van der Waals surface area (Å²) in [6.07, 6.45) is 20.3. The highest BCUT2D eigenvalue weighted by molar-refractivity contribution is 5.76. The van der Waals surface area contributed by atoms with Crippen LogP contribution in [0.2, 0.25) is 0 Å². The molecule has 2 nitrogen and oxygen atoms in total. The summed E-state index contributed by atoms with van der Waals surface area (Å²) < 4.78 is 0. The van der Waals surface area contributed by atoms with Gasteiger partial charge >= 0.3 is 0 Å². The van der Waals surface area contributed by atoms with E-state index in [1.807, 2.05) is 4.90 Å². The summed E-state index contributed by atoms with van der Waals surface area (Å²) in [5, 5.41) is 0. The zero-order valence-electron chi connectivity index (χ0n) is 13.2. The third-order valence-corrected chi connectivity index (χ3v) is 3.80. The quantitative estimate of drug-likeness (QED) is 0.412. The van der Waals surface area contributed by atoms with Crippen molar-refractivity contribution < 1.29 is 4.79 Å². The highest BCUT2D eigenvalue weighted by Gasteiger charge is 2.16. The molecule has 0 aromatic rings. The number of likely N-dealkylation sites (tertiary alicyclic amines) is 1. The van der Waals surface area contributed by atoms with Crippen molar-refractivity contribution in [3.05, 3.63) is 24.3 Å². The molecule has 0 atom stereocenters. The van der Waals surface area contributed by atoms with Crippen LogP contribution in [0.15, 0.2) is 24.3 Å². The predicted molar refractivity (Wildman–Crippen MR) is 86.7 cm³/mol. The van der Waals surface area contributed by atoms with Crippen molar-refractivity contribution in [3.8, 4) is 0 Å². The van der Waals surface area contributed by atoms with Crippen molar-refractivity contribution in [2.75, 3.05) is 13.1 Å². The van der Waals surface area contributed by atoms with Crippen LogP contribution in [0.4, 0.5) is 0 Å². The molecule has 0 radical (unpaired) electrons. The molecule has 0 unspecified atom stereocenters. The second-order valence-corrected chi connectivity index (χ2v) is 5.65. The van der Waals surface area contributed by atoms with Crippen LogP contribution in [0.25, 0.3) is 0 Å². The Balaban J connectivity index is 1.92. The molecule has 20 heavy (non-hydrogen) atoms. The number of rotatable bonds is 10. The smallest absolute Gasteiger partial charge is 0.222 e. The Labute approximate surface area is 124 Å². The van der Waals surface area contributed by atoms with E-state index in [1.165, 1.54) is 38.5 Å². The molecule has 0 aliphatic carbocycles. The van der Waals surface area contributed by atoms with Crippen LogP contribution in [-0.4, -0.2) is 23.9 Å². The number of amides is 1. The van der Waals surface area contributed by atoms with Crippen molar-refractivity contribution in [3.63, 3.8) is 0 Å². The fraction of sp³-hybridized carbons (Fsp3) is 0.722. The Hall–Kier alpha value is -1.05. The first-order valence-electron chi connectivity index (χ1n) is 8.42. The fourth-order valence-corrected chi connectivity index (χ4v) is 2.51. The molecule has 1 saturated heterocycles. The summed E-state index contributed by atoms with van der Waals surface area (Å²) in [6.45, 7) is 4.20. The average molecular weight is 277 g/mol. The Morgan fingerprint density at radius 3 is 2.25 bits per heavy atom. The van der Waals surface area contributed by atoms with E-state index >= 15 is 0 Å². The lowest BCUT2D eigenvalue weighted by Crippen LogP contribution is -2.27. The van der Waals surface area contributed by atoms with E-state index < -0.39 is 0 Å². The highest BCUT2D eigenvalue weighted by atomic mass is 16.2. The van der Waals surface area contributed by atoms with Gasteiger partial charge in [0.05, 0.1) is 0 Å². The molecule has 0 bridgehead atoms. The molecule has 1 aliphatic heterocycles. The zero-order valence-corrected chi connectivity index (χ0v) is 13.2. The van der Waals surface area contributed by atoms with Gasteiger partial charge in [-0.3, -0.25) is 4.79 Å². The number of allylic oxidation sites excluding steroid dienone is 4. The van der Waals surface area contributed by atoms with E-state index in [0.717, 1.165) is 38.8 Å². The number of carbonyl (C=O) groups excluding carboxylic acids is 1. The minimum absolute atomic E-state index is 0.353. The van der Waals surface area contributed by atoms with E-state index in [9.17, 15) is 4.79 Å². The molecule has 1 fully saturated rings. The zero-order chi connectivity index (χ0) is 14.5. The van der Waals surface area contributed by atoms with E-state index in [4.69, 9.17) is 0 Å². The van der Waals surface area contributed by atoms with Gasteiger partial charge in [-0.05, 0) is 44.9 Å². The summed E-state index contributed by atoms with van der Waals surface area (Å²) in [5.74, 6) is 0.353. The van der Waals surface area contributed by atoms with Gasteiger partial charge in [-0.1, -0.05) is 44.1 Å². The van der Waals surface area contributed by atoms with Gasteiger partial charge in [-0.2, -0.15) is 0 Å². The Morgan fingerprint density at radius 2 is 1.60 bits per heavy atom. The Morgan fingerprint density at radius 1 is 0.950 bits per heavy atom. The van der Waals surface area contributed by atoms with E-state index in [0.29, 0.717) is 5.91 Å². The van der Waals surface area contributed by atoms with Gasteiger partial charge in [-0.15, -0.1) is 0 Å². The first-order valence-corrected chi connectivity index (χ1v) is 8.42. The van der Waals surface area contributed by atoms with E-state index in [2.05, 4.69) is 31.2 Å². The maximum absolute atomic E-state index is 11.8. The Bertz CT molecular complexity index is 301. The van der Waals surface area contributed by atoms with Crippen molar-refractivity contribution in [1.29, 1.82) is 0 Å². The maximum Gasteiger partial charge on any atom is 0.222 e. The standard InChI is InChI=1S/C18H31NO/c1-2-3-4-5-6-7-8-9-10-11-12-15-18(20)19-16-13-14-17-19/h6-7,9-10H,2-5,8,11-17H2,1H3/b7-6+,10-9+. The fourth-order valence-electron chi connectivity index (χ4n) is 2.51.